The zero-order valence-electron chi connectivity index (χ0n) is 12.9. The predicted octanol–water partition coefficient (Wildman–Crippen LogP) is 4.40. The first kappa shape index (κ1) is 16.1. The Morgan fingerprint density at radius 3 is 2.71 bits per heavy atom. The molecule has 0 saturated heterocycles. The predicted molar refractivity (Wildman–Crippen MR) is 88.6 cm³/mol. The van der Waals surface area contributed by atoms with Crippen molar-refractivity contribution in [2.24, 2.45) is 0 Å². The summed E-state index contributed by atoms with van der Waals surface area (Å²) in [7, 11) is 2.17. The number of hydrogen-bond acceptors (Lipinski definition) is 2. The highest BCUT2D eigenvalue weighted by molar-refractivity contribution is 6.31. The van der Waals surface area contributed by atoms with Crippen LogP contribution in [-0.4, -0.2) is 28.3 Å². The number of benzene rings is 1. The van der Waals surface area contributed by atoms with Gasteiger partial charge >= 0.3 is 0 Å². The third-order valence-corrected chi connectivity index (χ3v) is 4.32. The summed E-state index contributed by atoms with van der Waals surface area (Å²) in [6.07, 6.45) is 7.45. The van der Waals surface area contributed by atoms with Crippen LogP contribution in [0, 0.1) is 0 Å². The van der Waals surface area contributed by atoms with E-state index >= 15 is 0 Å². The van der Waals surface area contributed by atoms with Crippen LogP contribution >= 0.6 is 11.6 Å². The quantitative estimate of drug-likeness (QED) is 0.674. The summed E-state index contributed by atoms with van der Waals surface area (Å²) in [5.41, 5.74) is 1.21. The van der Waals surface area contributed by atoms with Gasteiger partial charge in [0.15, 0.2) is 0 Å². The van der Waals surface area contributed by atoms with Crippen molar-refractivity contribution in [2.75, 3.05) is 13.6 Å². The maximum absolute atomic E-state index is 6.27. The SMILES string of the molecule is CC(c1ccccc1Cl)N(C)CCCCCn1cccn1. The van der Waals surface area contributed by atoms with Crippen LogP contribution < -0.4 is 0 Å². The van der Waals surface area contributed by atoms with Crippen molar-refractivity contribution in [1.29, 1.82) is 0 Å². The summed E-state index contributed by atoms with van der Waals surface area (Å²) in [5.74, 6) is 0. The van der Waals surface area contributed by atoms with Crippen LogP contribution in [-0.2, 0) is 6.54 Å². The van der Waals surface area contributed by atoms with Crippen LogP contribution in [0.2, 0.25) is 5.02 Å². The second-order valence-electron chi connectivity index (χ2n) is 5.51. The topological polar surface area (TPSA) is 21.1 Å². The Bertz CT molecular complexity index is 525. The minimum absolute atomic E-state index is 0.352. The zero-order valence-corrected chi connectivity index (χ0v) is 13.6. The van der Waals surface area contributed by atoms with E-state index in [1.807, 2.05) is 35.3 Å². The molecule has 114 valence electrons. The molecule has 1 atom stereocenters. The molecular weight excluding hydrogens is 282 g/mol. The first-order valence-corrected chi connectivity index (χ1v) is 7.98. The fourth-order valence-electron chi connectivity index (χ4n) is 2.49. The van der Waals surface area contributed by atoms with E-state index < -0.39 is 0 Å². The largest absolute Gasteiger partial charge is 0.300 e. The third-order valence-electron chi connectivity index (χ3n) is 3.97. The Balaban J connectivity index is 1.69. The van der Waals surface area contributed by atoms with Crippen LogP contribution in [0.15, 0.2) is 42.7 Å². The average Bonchev–Trinajstić information content (AvgIpc) is 3.00. The molecule has 2 rings (SSSR count). The highest BCUT2D eigenvalue weighted by atomic mass is 35.5. The van der Waals surface area contributed by atoms with Crippen molar-refractivity contribution in [1.82, 2.24) is 14.7 Å². The number of nitrogens with zero attached hydrogens (tertiary/aromatic N) is 3. The Morgan fingerprint density at radius 1 is 1.19 bits per heavy atom. The van der Waals surface area contributed by atoms with Gasteiger partial charge < -0.3 is 0 Å². The van der Waals surface area contributed by atoms with Crippen molar-refractivity contribution in [2.45, 2.75) is 38.8 Å². The molecule has 0 spiro atoms. The van der Waals surface area contributed by atoms with Crippen LogP contribution in [0.4, 0.5) is 0 Å². The molecule has 0 bridgehead atoms. The summed E-state index contributed by atoms with van der Waals surface area (Å²) in [4.78, 5) is 2.37. The molecule has 1 unspecified atom stereocenters. The minimum Gasteiger partial charge on any atom is -0.300 e. The van der Waals surface area contributed by atoms with E-state index in [0.29, 0.717) is 6.04 Å². The molecule has 2 aromatic rings. The summed E-state index contributed by atoms with van der Waals surface area (Å²) in [6.45, 7) is 4.31. The monoisotopic (exact) mass is 305 g/mol. The minimum atomic E-state index is 0.352. The highest BCUT2D eigenvalue weighted by Crippen LogP contribution is 2.26. The molecule has 0 amide bonds. The number of aromatic nitrogens is 2. The van der Waals surface area contributed by atoms with Crippen LogP contribution in [0.5, 0.6) is 0 Å². The summed E-state index contributed by atoms with van der Waals surface area (Å²) >= 11 is 6.27. The van der Waals surface area contributed by atoms with Gasteiger partial charge in [0.2, 0.25) is 0 Å². The highest BCUT2D eigenvalue weighted by Gasteiger charge is 2.13. The van der Waals surface area contributed by atoms with Gasteiger partial charge in [-0.15, -0.1) is 0 Å². The lowest BCUT2D eigenvalue weighted by Gasteiger charge is -2.25. The van der Waals surface area contributed by atoms with E-state index in [9.17, 15) is 0 Å². The molecule has 0 N–H and O–H groups in total. The molecule has 0 aliphatic carbocycles. The molecule has 0 aliphatic heterocycles. The van der Waals surface area contributed by atoms with Crippen molar-refractivity contribution in [3.05, 3.63) is 53.3 Å². The van der Waals surface area contributed by atoms with Crippen molar-refractivity contribution < 1.29 is 0 Å². The molecule has 1 aromatic carbocycles. The second-order valence-corrected chi connectivity index (χ2v) is 5.92. The number of hydrogen-bond donors (Lipinski definition) is 0. The van der Waals surface area contributed by atoms with E-state index in [0.717, 1.165) is 18.1 Å². The number of aryl methyl sites for hydroxylation is 1. The fourth-order valence-corrected chi connectivity index (χ4v) is 2.78. The van der Waals surface area contributed by atoms with E-state index in [2.05, 4.69) is 36.1 Å². The molecular formula is C17H24ClN3. The van der Waals surface area contributed by atoms with Crippen molar-refractivity contribution in [3.63, 3.8) is 0 Å². The van der Waals surface area contributed by atoms with E-state index in [4.69, 9.17) is 11.6 Å². The molecule has 1 aromatic heterocycles. The van der Waals surface area contributed by atoms with Gasteiger partial charge in [-0.05, 0) is 51.1 Å². The maximum atomic E-state index is 6.27. The van der Waals surface area contributed by atoms with E-state index in [1.54, 1.807) is 0 Å². The smallest absolute Gasteiger partial charge is 0.0489 e. The van der Waals surface area contributed by atoms with Gasteiger partial charge in [0, 0.05) is 30.0 Å². The van der Waals surface area contributed by atoms with Gasteiger partial charge in [-0.25, -0.2) is 0 Å². The lowest BCUT2D eigenvalue weighted by atomic mass is 10.1. The summed E-state index contributed by atoms with van der Waals surface area (Å²) in [6, 6.07) is 10.4. The van der Waals surface area contributed by atoms with Gasteiger partial charge in [0.1, 0.15) is 0 Å². The summed E-state index contributed by atoms with van der Waals surface area (Å²) < 4.78 is 2.00. The molecule has 0 aliphatic rings. The molecule has 4 heteroatoms. The maximum Gasteiger partial charge on any atom is 0.0489 e. The molecule has 21 heavy (non-hydrogen) atoms. The second kappa shape index (κ2) is 8.20. The number of halogens is 1. The zero-order chi connectivity index (χ0) is 15.1. The number of rotatable bonds is 8. The first-order chi connectivity index (χ1) is 10.2. The normalized spacial score (nSPS) is 12.8. The standard InChI is InChI=1S/C17H24ClN3/c1-15(16-9-4-5-10-17(16)18)20(2)12-6-3-7-13-21-14-8-11-19-21/h4-5,8-11,14-15H,3,6-7,12-13H2,1-2H3. The Morgan fingerprint density at radius 2 is 2.00 bits per heavy atom. The summed E-state index contributed by atoms with van der Waals surface area (Å²) in [5, 5.41) is 5.08. The molecule has 0 fully saturated rings. The Labute approximate surface area is 132 Å². The first-order valence-electron chi connectivity index (χ1n) is 7.60. The van der Waals surface area contributed by atoms with Crippen LogP contribution in [0.25, 0.3) is 0 Å². The van der Waals surface area contributed by atoms with Crippen LogP contribution in [0.3, 0.4) is 0 Å². The van der Waals surface area contributed by atoms with Gasteiger partial charge in [-0.2, -0.15) is 5.10 Å². The van der Waals surface area contributed by atoms with Crippen LogP contribution in [0.1, 0.15) is 37.8 Å². The van der Waals surface area contributed by atoms with Crippen molar-refractivity contribution >= 4 is 11.6 Å². The van der Waals surface area contributed by atoms with Gasteiger partial charge in [-0.1, -0.05) is 36.2 Å². The lowest BCUT2D eigenvalue weighted by molar-refractivity contribution is 0.254. The lowest BCUT2D eigenvalue weighted by Crippen LogP contribution is -2.23. The molecule has 3 nitrogen and oxygen atoms in total. The van der Waals surface area contributed by atoms with Gasteiger partial charge in [-0.3, -0.25) is 9.58 Å². The third kappa shape index (κ3) is 4.87. The van der Waals surface area contributed by atoms with E-state index in [1.165, 1.54) is 24.8 Å². The molecule has 0 radical (unpaired) electrons. The average molecular weight is 306 g/mol. The Hall–Kier alpha value is -1.32. The van der Waals surface area contributed by atoms with E-state index in [-0.39, 0.29) is 0 Å². The molecule has 1 heterocycles. The Kier molecular flexibility index (Phi) is 6.27. The van der Waals surface area contributed by atoms with Gasteiger partial charge in [0.25, 0.3) is 0 Å². The molecule has 0 saturated carbocycles. The fraction of sp³-hybridized carbons (Fsp3) is 0.471. The number of unbranched alkanes of at least 4 members (excludes halogenated alkanes) is 2. The van der Waals surface area contributed by atoms with Gasteiger partial charge in [0.05, 0.1) is 0 Å². The van der Waals surface area contributed by atoms with Crippen molar-refractivity contribution in [3.8, 4) is 0 Å².